The van der Waals surface area contributed by atoms with Crippen LogP contribution in [-0.4, -0.2) is 44.9 Å². The maximum Gasteiger partial charge on any atom is 0.253 e. The molecule has 1 amide bonds. The molecule has 2 heterocycles. The summed E-state index contributed by atoms with van der Waals surface area (Å²) in [5, 5.41) is 0.581. The van der Waals surface area contributed by atoms with Crippen molar-refractivity contribution in [1.29, 1.82) is 0 Å². The van der Waals surface area contributed by atoms with Crippen LogP contribution in [0.2, 0.25) is 0 Å². The Morgan fingerprint density at radius 3 is 3.24 bits per heavy atom. The molecule has 1 aliphatic heterocycles. The number of aromatic nitrogens is 2. The molecular formula is C16H21N3OS. The van der Waals surface area contributed by atoms with Crippen molar-refractivity contribution in [2.45, 2.75) is 31.4 Å². The molecule has 0 spiro atoms. The van der Waals surface area contributed by atoms with E-state index in [2.05, 4.69) is 16.9 Å². The van der Waals surface area contributed by atoms with E-state index in [0.29, 0.717) is 5.25 Å². The Kier molecular flexibility index (Phi) is 4.48. The monoisotopic (exact) mass is 303 g/mol. The summed E-state index contributed by atoms with van der Waals surface area (Å²) >= 11 is 1.98. The van der Waals surface area contributed by atoms with Gasteiger partial charge in [-0.1, -0.05) is 13.3 Å². The molecule has 0 saturated carbocycles. The maximum atomic E-state index is 12.8. The quantitative estimate of drug-likeness (QED) is 0.946. The largest absolute Gasteiger partial charge is 0.345 e. The zero-order valence-electron chi connectivity index (χ0n) is 12.3. The number of H-pyrrole nitrogens is 1. The highest BCUT2D eigenvalue weighted by Crippen LogP contribution is 2.23. The molecule has 1 aliphatic rings. The SMILES string of the molecule is CCS[C@@H]1CCCCN(C(=O)c2ccc3nc[nH]c3c2)C1. The van der Waals surface area contributed by atoms with Gasteiger partial charge < -0.3 is 9.88 Å². The van der Waals surface area contributed by atoms with Crippen LogP contribution in [0.25, 0.3) is 11.0 Å². The van der Waals surface area contributed by atoms with Crippen molar-refractivity contribution in [3.63, 3.8) is 0 Å². The predicted octanol–water partition coefficient (Wildman–Crippen LogP) is 3.31. The van der Waals surface area contributed by atoms with Crippen LogP contribution in [0.4, 0.5) is 0 Å². The molecule has 1 atom stereocenters. The number of amides is 1. The summed E-state index contributed by atoms with van der Waals surface area (Å²) in [7, 11) is 0. The van der Waals surface area contributed by atoms with Crippen LogP contribution in [-0.2, 0) is 0 Å². The van der Waals surface area contributed by atoms with E-state index in [9.17, 15) is 4.79 Å². The van der Waals surface area contributed by atoms with Crippen LogP contribution >= 0.6 is 11.8 Å². The lowest BCUT2D eigenvalue weighted by Crippen LogP contribution is -2.35. The first-order chi connectivity index (χ1) is 10.3. The first kappa shape index (κ1) is 14.4. The summed E-state index contributed by atoms with van der Waals surface area (Å²) in [4.78, 5) is 22.0. The molecule has 0 bridgehead atoms. The van der Waals surface area contributed by atoms with Gasteiger partial charge in [-0.15, -0.1) is 0 Å². The normalized spacial score (nSPS) is 19.7. The van der Waals surface area contributed by atoms with Crippen LogP contribution < -0.4 is 0 Å². The van der Waals surface area contributed by atoms with E-state index < -0.39 is 0 Å². The molecule has 0 unspecified atom stereocenters. The van der Waals surface area contributed by atoms with Crippen molar-refractivity contribution < 1.29 is 4.79 Å². The Morgan fingerprint density at radius 2 is 2.38 bits per heavy atom. The number of benzene rings is 1. The van der Waals surface area contributed by atoms with Crippen LogP contribution in [0, 0.1) is 0 Å². The van der Waals surface area contributed by atoms with Crippen molar-refractivity contribution in [3.8, 4) is 0 Å². The summed E-state index contributed by atoms with van der Waals surface area (Å²) in [6.45, 7) is 3.94. The van der Waals surface area contributed by atoms with E-state index in [0.717, 1.165) is 41.9 Å². The van der Waals surface area contributed by atoms with Crippen molar-refractivity contribution >= 4 is 28.7 Å². The fourth-order valence-corrected chi connectivity index (χ4v) is 4.00. The van der Waals surface area contributed by atoms with Crippen LogP contribution in [0.3, 0.4) is 0 Å². The first-order valence-electron chi connectivity index (χ1n) is 7.62. The van der Waals surface area contributed by atoms with E-state index in [4.69, 9.17) is 0 Å². The second-order valence-electron chi connectivity index (χ2n) is 5.46. The second-order valence-corrected chi connectivity index (χ2v) is 7.04. The number of hydrogen-bond acceptors (Lipinski definition) is 3. The molecule has 1 aromatic heterocycles. The number of hydrogen-bond donors (Lipinski definition) is 1. The minimum Gasteiger partial charge on any atom is -0.345 e. The number of rotatable bonds is 3. The number of imidazole rings is 1. The standard InChI is InChI=1S/C16H21N3OS/c1-2-21-13-5-3-4-8-19(10-13)16(20)12-6-7-14-15(9-12)18-11-17-14/h6-7,9,11,13H,2-5,8,10H2,1H3,(H,17,18)/t13-/m1/s1. The molecule has 112 valence electrons. The minimum atomic E-state index is 0.148. The van der Waals surface area contributed by atoms with Gasteiger partial charge in [0.25, 0.3) is 5.91 Å². The maximum absolute atomic E-state index is 12.8. The summed E-state index contributed by atoms with van der Waals surface area (Å²) < 4.78 is 0. The molecule has 3 rings (SSSR count). The number of thioether (sulfide) groups is 1. The molecule has 0 aliphatic carbocycles. The van der Waals surface area contributed by atoms with E-state index in [1.54, 1.807) is 6.33 Å². The van der Waals surface area contributed by atoms with Gasteiger partial charge in [-0.3, -0.25) is 4.79 Å². The number of nitrogens with zero attached hydrogens (tertiary/aromatic N) is 2. The fraction of sp³-hybridized carbons (Fsp3) is 0.500. The zero-order chi connectivity index (χ0) is 14.7. The number of carbonyl (C=O) groups is 1. The predicted molar refractivity (Wildman–Crippen MR) is 87.8 cm³/mol. The average molecular weight is 303 g/mol. The Morgan fingerprint density at radius 1 is 1.48 bits per heavy atom. The molecule has 2 aromatic rings. The second kappa shape index (κ2) is 6.52. The lowest BCUT2D eigenvalue weighted by molar-refractivity contribution is 0.0763. The molecule has 5 heteroatoms. The first-order valence-corrected chi connectivity index (χ1v) is 8.67. The lowest BCUT2D eigenvalue weighted by atomic mass is 10.1. The van der Waals surface area contributed by atoms with Gasteiger partial charge in [0.15, 0.2) is 0 Å². The third-order valence-electron chi connectivity index (χ3n) is 3.98. The Bertz CT molecular complexity index is 625. The molecule has 4 nitrogen and oxygen atoms in total. The highest BCUT2D eigenvalue weighted by molar-refractivity contribution is 7.99. The summed E-state index contributed by atoms with van der Waals surface area (Å²) in [6.07, 6.45) is 5.22. The number of fused-ring (bicyclic) bond motifs is 1. The summed E-state index contributed by atoms with van der Waals surface area (Å²) in [5.74, 6) is 1.27. The van der Waals surface area contributed by atoms with Crippen molar-refractivity contribution in [2.24, 2.45) is 0 Å². The van der Waals surface area contributed by atoms with Gasteiger partial charge in [0.1, 0.15) is 0 Å². The van der Waals surface area contributed by atoms with Crippen LogP contribution in [0.1, 0.15) is 36.5 Å². The Balaban J connectivity index is 1.78. The van der Waals surface area contributed by atoms with Gasteiger partial charge in [-0.25, -0.2) is 4.98 Å². The van der Waals surface area contributed by atoms with Crippen molar-refractivity contribution in [2.75, 3.05) is 18.8 Å². The minimum absolute atomic E-state index is 0.148. The third-order valence-corrected chi connectivity index (χ3v) is 5.17. The van der Waals surface area contributed by atoms with E-state index in [1.165, 1.54) is 12.8 Å². The molecular weight excluding hydrogens is 282 g/mol. The number of nitrogens with one attached hydrogen (secondary N) is 1. The molecule has 0 radical (unpaired) electrons. The van der Waals surface area contributed by atoms with Crippen LogP contribution in [0.5, 0.6) is 0 Å². The zero-order valence-corrected chi connectivity index (χ0v) is 13.2. The Labute approximate surface area is 129 Å². The third kappa shape index (κ3) is 3.23. The van der Waals surface area contributed by atoms with Gasteiger partial charge >= 0.3 is 0 Å². The van der Waals surface area contributed by atoms with Crippen molar-refractivity contribution in [3.05, 3.63) is 30.1 Å². The fourth-order valence-electron chi connectivity index (χ4n) is 2.91. The van der Waals surface area contributed by atoms with Gasteiger partial charge in [-0.2, -0.15) is 11.8 Å². The summed E-state index contributed by atoms with van der Waals surface area (Å²) in [5.41, 5.74) is 2.59. The highest BCUT2D eigenvalue weighted by Gasteiger charge is 2.23. The van der Waals surface area contributed by atoms with Gasteiger partial charge in [0.05, 0.1) is 17.4 Å². The van der Waals surface area contributed by atoms with Gasteiger partial charge in [-0.05, 0) is 36.8 Å². The summed E-state index contributed by atoms with van der Waals surface area (Å²) in [6, 6.07) is 5.71. The lowest BCUT2D eigenvalue weighted by Gasteiger charge is -2.24. The smallest absolute Gasteiger partial charge is 0.253 e. The molecule has 1 N–H and O–H groups in total. The van der Waals surface area contributed by atoms with Crippen LogP contribution in [0.15, 0.2) is 24.5 Å². The molecule has 1 aromatic carbocycles. The van der Waals surface area contributed by atoms with E-state index in [1.807, 2.05) is 34.9 Å². The number of likely N-dealkylation sites (tertiary alicyclic amines) is 1. The highest BCUT2D eigenvalue weighted by atomic mass is 32.2. The molecule has 1 saturated heterocycles. The Hall–Kier alpha value is -1.49. The number of aromatic amines is 1. The van der Waals surface area contributed by atoms with E-state index in [-0.39, 0.29) is 5.91 Å². The average Bonchev–Trinajstić information content (AvgIpc) is 2.84. The molecule has 21 heavy (non-hydrogen) atoms. The van der Waals surface area contributed by atoms with E-state index >= 15 is 0 Å². The number of carbonyl (C=O) groups excluding carboxylic acids is 1. The van der Waals surface area contributed by atoms with Gasteiger partial charge in [0, 0.05) is 23.9 Å². The molecule has 1 fully saturated rings. The van der Waals surface area contributed by atoms with Gasteiger partial charge in [0.2, 0.25) is 0 Å². The van der Waals surface area contributed by atoms with Crippen molar-refractivity contribution in [1.82, 2.24) is 14.9 Å². The topological polar surface area (TPSA) is 49.0 Å².